The number of carbonyl (C=O) groups excluding carboxylic acids is 2. The summed E-state index contributed by atoms with van der Waals surface area (Å²) in [5.74, 6) is -2.22. The van der Waals surface area contributed by atoms with Gasteiger partial charge in [-0.1, -0.05) is 45.1 Å². The lowest BCUT2D eigenvalue weighted by Crippen LogP contribution is -2.85. The average Bonchev–Trinajstić information content (AvgIpc) is 3.83. The van der Waals surface area contributed by atoms with Crippen LogP contribution in [0.5, 0.6) is 0 Å². The van der Waals surface area contributed by atoms with Crippen LogP contribution in [-0.4, -0.2) is 99.2 Å². The summed E-state index contributed by atoms with van der Waals surface area (Å²) in [6.07, 6.45) is 14.2. The van der Waals surface area contributed by atoms with Crippen molar-refractivity contribution in [3.05, 3.63) is 23.3 Å². The van der Waals surface area contributed by atoms with Crippen molar-refractivity contribution >= 4 is 12.3 Å². The Bertz CT molecular complexity index is 1580. The summed E-state index contributed by atoms with van der Waals surface area (Å²) >= 11 is 0. The van der Waals surface area contributed by atoms with Crippen LogP contribution in [0, 0.1) is 58.2 Å². The van der Waals surface area contributed by atoms with Crippen LogP contribution in [-0.2, 0) is 19.1 Å². The number of carbonyl (C=O) groups is 2. The molecule has 54 heavy (non-hydrogen) atoms. The van der Waals surface area contributed by atoms with Crippen LogP contribution in [0.3, 0.4) is 0 Å². The Kier molecular flexibility index (Phi) is 9.25. The van der Waals surface area contributed by atoms with Gasteiger partial charge in [-0.25, -0.2) is 4.79 Å². The van der Waals surface area contributed by atoms with Gasteiger partial charge < -0.3 is 45.1 Å². The van der Waals surface area contributed by atoms with Gasteiger partial charge in [0.15, 0.2) is 5.60 Å². The number of allylic oxidation sites excluding steroid dienone is 1. The zero-order valence-electron chi connectivity index (χ0n) is 32.5. The largest absolute Gasteiger partial charge is 0.447 e. The molecule has 15 unspecified atom stereocenters. The van der Waals surface area contributed by atoms with Crippen molar-refractivity contribution in [2.24, 2.45) is 58.2 Å². The number of esters is 1. The maximum absolute atomic E-state index is 14.0. The molecule has 1 aliphatic heterocycles. The topological polar surface area (TPSA) is 166 Å². The molecule has 1 spiro atoms. The van der Waals surface area contributed by atoms with Crippen LogP contribution in [0.15, 0.2) is 23.3 Å². The normalized spacial score (nSPS) is 51.3. The summed E-state index contributed by atoms with van der Waals surface area (Å²) < 4.78 is 11.6. The number of aldehydes is 1. The highest BCUT2D eigenvalue weighted by molar-refractivity contribution is 5.88. The summed E-state index contributed by atoms with van der Waals surface area (Å²) in [7, 11) is 1.69. The number of hydrogen-bond donors (Lipinski definition) is 6. The lowest BCUT2D eigenvalue weighted by molar-refractivity contribution is -0.375. The number of fused-ring (bicyclic) bond motifs is 3. The summed E-state index contributed by atoms with van der Waals surface area (Å²) in [4.78, 5) is 27.4. The van der Waals surface area contributed by atoms with Gasteiger partial charge in [-0.15, -0.1) is 0 Å². The van der Waals surface area contributed by atoms with Gasteiger partial charge in [0, 0.05) is 49.5 Å². The molecular weight excluding hydrogens is 686 g/mol. The number of nitrogens with one attached hydrogen (secondary N) is 1. The molecule has 0 aromatic rings. The summed E-state index contributed by atoms with van der Waals surface area (Å²) in [5, 5.41) is 69.4. The summed E-state index contributed by atoms with van der Waals surface area (Å²) in [6.45, 7) is 4.19. The Hall–Kier alpha value is -1.66. The third kappa shape index (κ3) is 4.65. The molecule has 0 aromatic carbocycles. The molecule has 0 saturated heterocycles. The van der Waals surface area contributed by atoms with Crippen LogP contribution in [0.25, 0.3) is 0 Å². The van der Waals surface area contributed by atoms with Crippen LogP contribution >= 0.6 is 0 Å². The number of aliphatic hydroxyl groups is 5. The van der Waals surface area contributed by atoms with Gasteiger partial charge in [-0.05, 0) is 124 Å². The lowest BCUT2D eigenvalue weighted by Gasteiger charge is -2.73. The van der Waals surface area contributed by atoms with Crippen LogP contribution in [0.1, 0.15) is 116 Å². The van der Waals surface area contributed by atoms with E-state index in [1.165, 1.54) is 12.8 Å². The van der Waals surface area contributed by atoms with Gasteiger partial charge in [0.05, 0.1) is 23.2 Å². The van der Waals surface area contributed by atoms with E-state index in [1.54, 1.807) is 13.2 Å². The number of hydrogen-bond acceptors (Lipinski definition) is 10. The Morgan fingerprint density at radius 1 is 0.944 bits per heavy atom. The number of ether oxygens (including phenoxy) is 2. The third-order valence-electron chi connectivity index (χ3n) is 18.3. The van der Waals surface area contributed by atoms with Crippen molar-refractivity contribution in [2.75, 3.05) is 26.8 Å². The zero-order valence-corrected chi connectivity index (χ0v) is 32.5. The number of aliphatic hydroxyl groups excluding tert-OH is 2. The molecule has 1 heterocycles. The molecule has 2 bridgehead atoms. The van der Waals surface area contributed by atoms with E-state index in [2.05, 4.69) is 18.3 Å². The minimum absolute atomic E-state index is 0.146. The van der Waals surface area contributed by atoms with Crippen molar-refractivity contribution in [1.29, 1.82) is 0 Å². The van der Waals surface area contributed by atoms with Crippen LogP contribution in [0.2, 0.25) is 0 Å². The molecule has 8 aliphatic carbocycles. The fourth-order valence-corrected chi connectivity index (χ4v) is 16.0. The molecule has 0 amide bonds. The first kappa shape index (κ1) is 37.9. The second-order valence-corrected chi connectivity index (χ2v) is 19.8. The fraction of sp³-hybridized carbons (Fsp3) is 0.864. The van der Waals surface area contributed by atoms with Crippen LogP contribution < -0.4 is 5.32 Å². The fourth-order valence-electron chi connectivity index (χ4n) is 16.0. The molecule has 7 saturated carbocycles. The maximum atomic E-state index is 14.0. The molecule has 15 atom stereocenters. The van der Waals surface area contributed by atoms with Gasteiger partial charge in [0.2, 0.25) is 0 Å². The molecule has 0 aromatic heterocycles. The Balaban J connectivity index is 1.17. The van der Waals surface area contributed by atoms with E-state index in [9.17, 15) is 35.1 Å². The predicted octanol–water partition coefficient (Wildman–Crippen LogP) is 4.15. The van der Waals surface area contributed by atoms with Crippen molar-refractivity contribution in [3.8, 4) is 0 Å². The van der Waals surface area contributed by atoms with Crippen LogP contribution in [0.4, 0.5) is 0 Å². The first-order valence-electron chi connectivity index (χ1n) is 21.7. The van der Waals surface area contributed by atoms with E-state index >= 15 is 0 Å². The minimum atomic E-state index is -2.10. The highest BCUT2D eigenvalue weighted by Gasteiger charge is 2.85. The second-order valence-electron chi connectivity index (χ2n) is 19.8. The lowest BCUT2D eigenvalue weighted by atomic mass is 9.35. The Morgan fingerprint density at radius 2 is 1.72 bits per heavy atom. The minimum Gasteiger partial charge on any atom is -0.447 e. The SMILES string of the molecule is COCCCNCC1=CC2CC3(O)C4(CCCCC15OC(=O)C=C5C24)CCC1C2(C=O)CCC(O)C4CCC(C(C)C5CCCC5)CC(C(O)C13O)C42O. The highest BCUT2D eigenvalue weighted by atomic mass is 16.6. The molecule has 9 aliphatic rings. The molecule has 7 fully saturated rings. The standard InChI is InChI=1S/C44H65NO9/c1-26(27-8-3-4-9-27)28-10-11-31-34(47)12-16-40(25-46)35-13-17-39-14-5-6-15-41-30(24-45-18-7-19-53-2)20-29(37(39)32(41)22-36(48)54-41)23-42(39,50)44(35,52)38(49)33(21-28)43(31,40)51/h20,22,25-29,31,33-35,37-38,45,47,49-52H,3-19,21,23-24H2,1-2H3. The van der Waals surface area contributed by atoms with Crippen molar-refractivity contribution in [1.82, 2.24) is 5.32 Å². The van der Waals surface area contributed by atoms with Gasteiger partial charge >= 0.3 is 5.97 Å². The zero-order chi connectivity index (χ0) is 37.9. The van der Waals surface area contributed by atoms with Crippen molar-refractivity contribution in [3.63, 3.8) is 0 Å². The summed E-state index contributed by atoms with van der Waals surface area (Å²) in [6, 6.07) is 0. The van der Waals surface area contributed by atoms with Crippen molar-refractivity contribution in [2.45, 2.75) is 151 Å². The maximum Gasteiger partial charge on any atom is 0.332 e. The van der Waals surface area contributed by atoms with E-state index < -0.39 is 63.2 Å². The molecule has 6 N–H and O–H groups in total. The molecule has 10 heteroatoms. The molecule has 10 nitrogen and oxygen atoms in total. The third-order valence-corrected chi connectivity index (χ3v) is 18.3. The van der Waals surface area contributed by atoms with E-state index in [4.69, 9.17) is 9.47 Å². The van der Waals surface area contributed by atoms with Gasteiger partial charge in [0.25, 0.3) is 0 Å². The molecule has 300 valence electrons. The van der Waals surface area contributed by atoms with Gasteiger partial charge in [-0.2, -0.15) is 0 Å². The van der Waals surface area contributed by atoms with Gasteiger partial charge in [-0.3, -0.25) is 0 Å². The van der Waals surface area contributed by atoms with E-state index in [0.29, 0.717) is 69.9 Å². The predicted molar refractivity (Wildman–Crippen MR) is 200 cm³/mol. The average molecular weight is 752 g/mol. The Morgan fingerprint density at radius 3 is 2.48 bits per heavy atom. The van der Waals surface area contributed by atoms with Crippen molar-refractivity contribution < 1.29 is 44.6 Å². The smallest absolute Gasteiger partial charge is 0.332 e. The first-order valence-corrected chi connectivity index (χ1v) is 21.7. The molecular formula is C44H65NO9. The first-order chi connectivity index (χ1) is 25.9. The molecule has 0 radical (unpaired) electrons. The van der Waals surface area contributed by atoms with E-state index in [0.717, 1.165) is 62.5 Å². The quantitative estimate of drug-likeness (QED) is 0.0873. The van der Waals surface area contributed by atoms with E-state index in [1.807, 2.05) is 0 Å². The highest BCUT2D eigenvalue weighted by Crippen LogP contribution is 2.78. The number of rotatable bonds is 9. The summed E-state index contributed by atoms with van der Waals surface area (Å²) in [5.41, 5.74) is -6.96. The Labute approximate surface area is 320 Å². The number of methoxy groups -OCH3 is 1. The monoisotopic (exact) mass is 751 g/mol. The molecule has 9 rings (SSSR count). The van der Waals surface area contributed by atoms with E-state index in [-0.39, 0.29) is 36.6 Å². The van der Waals surface area contributed by atoms with Gasteiger partial charge in [0.1, 0.15) is 17.5 Å². The second kappa shape index (κ2) is 13.2.